The molecule has 1 aromatic heterocycles. The van der Waals surface area contributed by atoms with Gasteiger partial charge in [-0.1, -0.05) is 12.1 Å². The average Bonchev–Trinajstić information content (AvgIpc) is 2.45. The minimum absolute atomic E-state index is 0.00761. The molecule has 9 heteroatoms. The number of nitrogens with one attached hydrogen (secondary N) is 1. The first kappa shape index (κ1) is 17.4. The number of rotatable bonds is 5. The van der Waals surface area contributed by atoms with Crippen molar-refractivity contribution in [3.63, 3.8) is 0 Å². The lowest BCUT2D eigenvalue weighted by atomic mass is 10.1. The average molecular weight is 345 g/mol. The Kier molecular flexibility index (Phi) is 5.00. The summed E-state index contributed by atoms with van der Waals surface area (Å²) in [7, 11) is -3.69. The summed E-state index contributed by atoms with van der Waals surface area (Å²) in [6.45, 7) is 1.74. The summed E-state index contributed by atoms with van der Waals surface area (Å²) in [5.74, 6) is -0.408. The molecule has 0 radical (unpaired) electrons. The Bertz CT molecular complexity index is 775. The maximum Gasteiger partial charge on any atom is 0.416 e. The van der Waals surface area contributed by atoms with E-state index in [9.17, 15) is 21.6 Å². The van der Waals surface area contributed by atoms with E-state index in [1.54, 1.807) is 13.0 Å². The standard InChI is InChI=1S/C14H14F3N3O2S/c1-10-6-13(19-9-18-10)7-20-23(21,22)8-11-2-4-12(5-3-11)14(15,16)17/h2-6,9,20H,7-8H2,1H3. The largest absolute Gasteiger partial charge is 0.416 e. The fourth-order valence-corrected chi connectivity index (χ4v) is 2.95. The van der Waals surface area contributed by atoms with Gasteiger partial charge in [-0.2, -0.15) is 13.2 Å². The quantitative estimate of drug-likeness (QED) is 0.903. The molecule has 124 valence electrons. The minimum atomic E-state index is -4.44. The molecule has 0 saturated heterocycles. The highest BCUT2D eigenvalue weighted by Gasteiger charge is 2.30. The number of aryl methyl sites for hydroxylation is 1. The summed E-state index contributed by atoms with van der Waals surface area (Å²) in [5, 5.41) is 0. The molecule has 0 atom stereocenters. The lowest BCUT2D eigenvalue weighted by Crippen LogP contribution is -2.25. The number of nitrogens with zero attached hydrogens (tertiary/aromatic N) is 2. The number of sulfonamides is 1. The number of aromatic nitrogens is 2. The Balaban J connectivity index is 2.01. The second-order valence-corrected chi connectivity index (χ2v) is 6.73. The fraction of sp³-hybridized carbons (Fsp3) is 0.286. The van der Waals surface area contributed by atoms with Crippen LogP contribution in [0.25, 0.3) is 0 Å². The van der Waals surface area contributed by atoms with Gasteiger partial charge < -0.3 is 0 Å². The molecule has 1 N–H and O–H groups in total. The van der Waals surface area contributed by atoms with Gasteiger partial charge >= 0.3 is 6.18 Å². The van der Waals surface area contributed by atoms with E-state index in [0.717, 1.165) is 24.3 Å². The van der Waals surface area contributed by atoms with Crippen LogP contribution in [0.1, 0.15) is 22.5 Å². The SMILES string of the molecule is Cc1cc(CNS(=O)(=O)Cc2ccc(C(F)(F)F)cc2)ncn1. The number of benzene rings is 1. The number of halogens is 3. The summed E-state index contributed by atoms with van der Waals surface area (Å²) in [5.41, 5.74) is 0.665. The lowest BCUT2D eigenvalue weighted by molar-refractivity contribution is -0.137. The highest BCUT2D eigenvalue weighted by molar-refractivity contribution is 7.88. The van der Waals surface area contributed by atoms with E-state index >= 15 is 0 Å². The molecular weight excluding hydrogens is 331 g/mol. The van der Waals surface area contributed by atoms with Crippen molar-refractivity contribution >= 4 is 10.0 Å². The topological polar surface area (TPSA) is 72.0 Å². The molecule has 2 rings (SSSR count). The van der Waals surface area contributed by atoms with Crippen molar-refractivity contribution in [1.82, 2.24) is 14.7 Å². The third-order valence-corrected chi connectivity index (χ3v) is 4.27. The number of hydrogen-bond acceptors (Lipinski definition) is 4. The summed E-state index contributed by atoms with van der Waals surface area (Å²) in [6, 6.07) is 5.66. The molecule has 0 bridgehead atoms. The molecule has 0 unspecified atom stereocenters. The van der Waals surface area contributed by atoms with Crippen molar-refractivity contribution in [2.75, 3.05) is 0 Å². The van der Waals surface area contributed by atoms with Gasteiger partial charge in [-0.3, -0.25) is 0 Å². The van der Waals surface area contributed by atoms with Gasteiger partial charge in [0.1, 0.15) is 6.33 Å². The summed E-state index contributed by atoms with van der Waals surface area (Å²) in [6.07, 6.45) is -3.12. The van der Waals surface area contributed by atoms with Crippen LogP contribution in [-0.2, 0) is 28.5 Å². The van der Waals surface area contributed by atoms with Crippen LogP contribution in [0.2, 0.25) is 0 Å². The first-order chi connectivity index (χ1) is 10.7. The molecule has 0 aliphatic heterocycles. The molecule has 0 fully saturated rings. The molecular formula is C14H14F3N3O2S. The Morgan fingerprint density at radius 1 is 1.13 bits per heavy atom. The zero-order valence-electron chi connectivity index (χ0n) is 12.1. The van der Waals surface area contributed by atoms with Crippen molar-refractivity contribution in [2.24, 2.45) is 0 Å². The predicted molar refractivity (Wildman–Crippen MR) is 77.7 cm³/mol. The second-order valence-electron chi connectivity index (χ2n) is 4.93. The number of alkyl halides is 3. The first-order valence-corrected chi connectivity index (χ1v) is 8.22. The predicted octanol–water partition coefficient (Wildman–Crippen LogP) is 2.42. The van der Waals surface area contributed by atoms with Crippen LogP contribution in [0.4, 0.5) is 13.2 Å². The minimum Gasteiger partial charge on any atom is -0.242 e. The van der Waals surface area contributed by atoms with E-state index in [1.165, 1.54) is 6.33 Å². The third kappa shape index (κ3) is 5.29. The molecule has 1 aromatic carbocycles. The van der Waals surface area contributed by atoms with Crippen LogP contribution in [0, 0.1) is 6.92 Å². The zero-order chi connectivity index (χ0) is 17.1. The molecule has 0 amide bonds. The molecule has 0 aliphatic rings. The monoisotopic (exact) mass is 345 g/mol. The van der Waals surface area contributed by atoms with Gasteiger partial charge in [-0.25, -0.2) is 23.1 Å². The van der Waals surface area contributed by atoms with Gasteiger partial charge in [-0.15, -0.1) is 0 Å². The Labute approximate surface area is 131 Å². The Hall–Kier alpha value is -2.00. The molecule has 23 heavy (non-hydrogen) atoms. The highest BCUT2D eigenvalue weighted by Crippen LogP contribution is 2.29. The lowest BCUT2D eigenvalue weighted by Gasteiger charge is -2.09. The van der Waals surface area contributed by atoms with Gasteiger partial charge in [0.2, 0.25) is 10.0 Å². The molecule has 1 heterocycles. The normalized spacial score (nSPS) is 12.3. The van der Waals surface area contributed by atoms with Crippen molar-refractivity contribution in [3.05, 3.63) is 59.2 Å². The van der Waals surface area contributed by atoms with Crippen LogP contribution in [0.3, 0.4) is 0 Å². The molecule has 2 aromatic rings. The van der Waals surface area contributed by atoms with Crippen molar-refractivity contribution < 1.29 is 21.6 Å². The third-order valence-electron chi connectivity index (χ3n) is 2.97. The van der Waals surface area contributed by atoms with E-state index < -0.39 is 27.5 Å². The molecule has 0 saturated carbocycles. The van der Waals surface area contributed by atoms with E-state index in [4.69, 9.17) is 0 Å². The van der Waals surface area contributed by atoms with Crippen molar-refractivity contribution in [3.8, 4) is 0 Å². The second kappa shape index (κ2) is 6.63. The van der Waals surface area contributed by atoms with Gasteiger partial charge in [0.05, 0.1) is 23.6 Å². The summed E-state index contributed by atoms with van der Waals surface area (Å²) < 4.78 is 63.6. The zero-order valence-corrected chi connectivity index (χ0v) is 12.9. The van der Waals surface area contributed by atoms with Gasteiger partial charge in [-0.05, 0) is 30.7 Å². The molecule has 0 aliphatic carbocycles. The van der Waals surface area contributed by atoms with Crippen LogP contribution in [0.5, 0.6) is 0 Å². The first-order valence-electron chi connectivity index (χ1n) is 6.57. The van der Waals surface area contributed by atoms with E-state index in [0.29, 0.717) is 11.4 Å². The van der Waals surface area contributed by atoms with E-state index in [1.807, 2.05) is 0 Å². The van der Waals surface area contributed by atoms with Crippen LogP contribution in [0.15, 0.2) is 36.7 Å². The van der Waals surface area contributed by atoms with Gasteiger partial charge in [0.15, 0.2) is 0 Å². The summed E-state index contributed by atoms with van der Waals surface area (Å²) >= 11 is 0. The molecule has 0 spiro atoms. The van der Waals surface area contributed by atoms with Crippen LogP contribution < -0.4 is 4.72 Å². The number of hydrogen-bond donors (Lipinski definition) is 1. The maximum atomic E-state index is 12.5. The van der Waals surface area contributed by atoms with E-state index in [-0.39, 0.29) is 12.1 Å². The summed E-state index contributed by atoms with van der Waals surface area (Å²) in [4.78, 5) is 7.83. The maximum absolute atomic E-state index is 12.5. The van der Waals surface area contributed by atoms with Crippen molar-refractivity contribution in [2.45, 2.75) is 25.4 Å². The Morgan fingerprint density at radius 3 is 2.35 bits per heavy atom. The smallest absolute Gasteiger partial charge is 0.242 e. The van der Waals surface area contributed by atoms with Crippen LogP contribution >= 0.6 is 0 Å². The highest BCUT2D eigenvalue weighted by atomic mass is 32.2. The van der Waals surface area contributed by atoms with Crippen molar-refractivity contribution in [1.29, 1.82) is 0 Å². The van der Waals surface area contributed by atoms with Gasteiger partial charge in [0, 0.05) is 5.69 Å². The van der Waals surface area contributed by atoms with Gasteiger partial charge in [0.25, 0.3) is 0 Å². The molecule has 5 nitrogen and oxygen atoms in total. The Morgan fingerprint density at radius 2 is 1.78 bits per heavy atom. The fourth-order valence-electron chi connectivity index (χ4n) is 1.85. The van der Waals surface area contributed by atoms with Crippen LogP contribution in [-0.4, -0.2) is 18.4 Å². The van der Waals surface area contributed by atoms with E-state index in [2.05, 4.69) is 14.7 Å².